The molecular weight excluding hydrogens is 316 g/mol. The van der Waals surface area contributed by atoms with Crippen LogP contribution in [-0.2, 0) is 11.2 Å². The van der Waals surface area contributed by atoms with E-state index in [4.69, 9.17) is 14.2 Å². The third-order valence-corrected chi connectivity index (χ3v) is 3.73. The van der Waals surface area contributed by atoms with Gasteiger partial charge in [-0.3, -0.25) is 4.79 Å². The van der Waals surface area contributed by atoms with Crippen molar-refractivity contribution in [2.24, 2.45) is 0 Å². The first kappa shape index (κ1) is 19.0. The summed E-state index contributed by atoms with van der Waals surface area (Å²) in [5.41, 5.74) is 1.78. The number of hydrogen-bond acceptors (Lipinski definition) is 4. The van der Waals surface area contributed by atoms with Crippen LogP contribution in [0.25, 0.3) is 0 Å². The summed E-state index contributed by atoms with van der Waals surface area (Å²) < 4.78 is 16.9. The largest absolute Gasteiger partial charge is 0.490 e. The van der Waals surface area contributed by atoms with Crippen molar-refractivity contribution in [3.8, 4) is 11.5 Å². The highest BCUT2D eigenvalue weighted by molar-refractivity contribution is 5.94. The molecule has 0 aliphatic heterocycles. The molecule has 134 valence electrons. The molecular formula is C21H26O4. The Labute approximate surface area is 149 Å². The predicted molar refractivity (Wildman–Crippen MR) is 98.6 cm³/mol. The fraction of sp³-hybridized carbons (Fsp3) is 0.381. The van der Waals surface area contributed by atoms with Crippen LogP contribution in [-0.4, -0.2) is 31.7 Å². The van der Waals surface area contributed by atoms with E-state index in [9.17, 15) is 4.79 Å². The van der Waals surface area contributed by atoms with Crippen molar-refractivity contribution in [2.75, 3.05) is 13.7 Å². The zero-order chi connectivity index (χ0) is 18.2. The number of benzene rings is 2. The lowest BCUT2D eigenvalue weighted by molar-refractivity contribution is 0.0912. The number of Topliss-reactive ketones (excluding diaryl/α,β-unsaturated/α-hetero) is 1. The van der Waals surface area contributed by atoms with E-state index in [1.807, 2.05) is 38.1 Å². The number of ether oxygens (including phenoxy) is 3. The van der Waals surface area contributed by atoms with Crippen molar-refractivity contribution >= 4 is 5.78 Å². The van der Waals surface area contributed by atoms with Crippen LogP contribution in [0.15, 0.2) is 48.5 Å². The second-order valence-electron chi connectivity index (χ2n) is 6.25. The zero-order valence-corrected chi connectivity index (χ0v) is 15.3. The number of ketones is 1. The number of carbonyl (C=O) groups excluding carboxylic acids is 1. The van der Waals surface area contributed by atoms with Gasteiger partial charge < -0.3 is 14.2 Å². The number of carbonyl (C=O) groups is 1. The third-order valence-electron chi connectivity index (χ3n) is 3.73. The molecule has 0 radical (unpaired) electrons. The molecule has 2 rings (SSSR count). The van der Waals surface area contributed by atoms with Crippen molar-refractivity contribution in [1.82, 2.24) is 0 Å². The maximum Gasteiger partial charge on any atom is 0.160 e. The molecule has 0 saturated heterocycles. The minimum absolute atomic E-state index is 0.0196. The third kappa shape index (κ3) is 6.24. The molecule has 0 amide bonds. The maximum atomic E-state index is 11.8. The standard InChI is InChI=1S/C21H26O4/c1-15(10-18-8-6-5-7-9-18)24-20-11-19(17(3)22)12-21(13-20)25-16(2)14-23-4/h5-9,11-13,15-16H,10,14H2,1-4H3/t15-,16+/m1/s1. The smallest absolute Gasteiger partial charge is 0.160 e. The summed E-state index contributed by atoms with van der Waals surface area (Å²) in [4.78, 5) is 11.8. The van der Waals surface area contributed by atoms with Crippen LogP contribution in [0.4, 0.5) is 0 Å². The summed E-state index contributed by atoms with van der Waals surface area (Å²) in [5.74, 6) is 1.22. The van der Waals surface area contributed by atoms with E-state index in [0.717, 1.165) is 6.42 Å². The lowest BCUT2D eigenvalue weighted by Gasteiger charge is -2.18. The highest BCUT2D eigenvalue weighted by Crippen LogP contribution is 2.25. The van der Waals surface area contributed by atoms with Gasteiger partial charge in [0.05, 0.1) is 12.7 Å². The van der Waals surface area contributed by atoms with Gasteiger partial charge in [-0.1, -0.05) is 30.3 Å². The van der Waals surface area contributed by atoms with Crippen LogP contribution in [0.1, 0.15) is 36.7 Å². The second kappa shape index (κ2) is 9.23. The molecule has 25 heavy (non-hydrogen) atoms. The van der Waals surface area contributed by atoms with Crippen molar-refractivity contribution in [3.63, 3.8) is 0 Å². The van der Waals surface area contributed by atoms with Crippen LogP contribution in [0.5, 0.6) is 11.5 Å². The molecule has 0 heterocycles. The molecule has 4 heteroatoms. The van der Waals surface area contributed by atoms with Crippen LogP contribution >= 0.6 is 0 Å². The molecule has 0 unspecified atom stereocenters. The highest BCUT2D eigenvalue weighted by atomic mass is 16.5. The Bertz CT molecular complexity index is 682. The highest BCUT2D eigenvalue weighted by Gasteiger charge is 2.12. The Balaban J connectivity index is 2.12. The van der Waals surface area contributed by atoms with E-state index in [0.29, 0.717) is 23.7 Å². The summed E-state index contributed by atoms with van der Waals surface area (Å²) in [6.07, 6.45) is 0.664. The van der Waals surface area contributed by atoms with E-state index in [1.165, 1.54) is 12.5 Å². The molecule has 0 aliphatic rings. The van der Waals surface area contributed by atoms with E-state index in [2.05, 4.69) is 12.1 Å². The minimum atomic E-state index is -0.109. The number of methoxy groups -OCH3 is 1. The fourth-order valence-electron chi connectivity index (χ4n) is 2.63. The average molecular weight is 342 g/mol. The van der Waals surface area contributed by atoms with Gasteiger partial charge in [-0.15, -0.1) is 0 Å². The monoisotopic (exact) mass is 342 g/mol. The molecule has 0 aliphatic carbocycles. The lowest BCUT2D eigenvalue weighted by Crippen LogP contribution is -2.19. The molecule has 2 aromatic carbocycles. The van der Waals surface area contributed by atoms with Gasteiger partial charge in [0.2, 0.25) is 0 Å². The predicted octanol–water partition coefficient (Wildman–Crippen LogP) is 4.31. The van der Waals surface area contributed by atoms with Gasteiger partial charge >= 0.3 is 0 Å². The fourth-order valence-corrected chi connectivity index (χ4v) is 2.63. The molecule has 0 N–H and O–H groups in total. The second-order valence-corrected chi connectivity index (χ2v) is 6.25. The minimum Gasteiger partial charge on any atom is -0.490 e. The van der Waals surface area contributed by atoms with Gasteiger partial charge in [0.25, 0.3) is 0 Å². The molecule has 0 bridgehead atoms. The van der Waals surface area contributed by atoms with Crippen molar-refractivity contribution in [2.45, 2.75) is 39.4 Å². The van der Waals surface area contributed by atoms with Gasteiger partial charge in [0.15, 0.2) is 5.78 Å². The van der Waals surface area contributed by atoms with Crippen molar-refractivity contribution in [1.29, 1.82) is 0 Å². The van der Waals surface area contributed by atoms with Gasteiger partial charge in [-0.25, -0.2) is 0 Å². The number of hydrogen-bond donors (Lipinski definition) is 0. The topological polar surface area (TPSA) is 44.8 Å². The molecule has 2 aromatic rings. The Kier molecular flexibility index (Phi) is 7.02. The van der Waals surface area contributed by atoms with Crippen LogP contribution in [0.3, 0.4) is 0 Å². The van der Waals surface area contributed by atoms with Crippen LogP contribution in [0.2, 0.25) is 0 Å². The van der Waals surface area contributed by atoms with Crippen LogP contribution in [0, 0.1) is 0 Å². The summed E-state index contributed by atoms with van der Waals surface area (Å²) in [6, 6.07) is 15.5. The van der Waals surface area contributed by atoms with E-state index in [1.54, 1.807) is 19.2 Å². The molecule has 0 saturated carbocycles. The normalized spacial score (nSPS) is 13.1. The molecule has 2 atom stereocenters. The van der Waals surface area contributed by atoms with Gasteiger partial charge in [-0.05, 0) is 38.5 Å². The Hall–Kier alpha value is -2.33. The van der Waals surface area contributed by atoms with E-state index in [-0.39, 0.29) is 18.0 Å². The molecule has 0 fully saturated rings. The average Bonchev–Trinajstić information content (AvgIpc) is 2.55. The Morgan fingerprint density at radius 1 is 0.960 bits per heavy atom. The molecule has 0 spiro atoms. The number of rotatable bonds is 9. The Morgan fingerprint density at radius 2 is 1.56 bits per heavy atom. The quantitative estimate of drug-likeness (QED) is 0.637. The lowest BCUT2D eigenvalue weighted by atomic mass is 10.1. The van der Waals surface area contributed by atoms with E-state index >= 15 is 0 Å². The zero-order valence-electron chi connectivity index (χ0n) is 15.3. The van der Waals surface area contributed by atoms with Gasteiger partial charge in [-0.2, -0.15) is 0 Å². The first-order valence-electron chi connectivity index (χ1n) is 8.50. The maximum absolute atomic E-state index is 11.8. The van der Waals surface area contributed by atoms with E-state index < -0.39 is 0 Å². The van der Waals surface area contributed by atoms with Crippen LogP contribution < -0.4 is 9.47 Å². The van der Waals surface area contributed by atoms with Crippen molar-refractivity contribution in [3.05, 3.63) is 59.7 Å². The summed E-state index contributed by atoms with van der Waals surface area (Å²) >= 11 is 0. The van der Waals surface area contributed by atoms with Gasteiger partial charge in [0.1, 0.15) is 17.6 Å². The molecule has 4 nitrogen and oxygen atoms in total. The summed E-state index contributed by atoms with van der Waals surface area (Å²) in [5, 5.41) is 0. The summed E-state index contributed by atoms with van der Waals surface area (Å²) in [6.45, 7) is 5.95. The van der Waals surface area contributed by atoms with Crippen molar-refractivity contribution < 1.29 is 19.0 Å². The first-order valence-corrected chi connectivity index (χ1v) is 8.50. The summed E-state index contributed by atoms with van der Waals surface area (Å²) in [7, 11) is 1.63. The molecule has 0 aromatic heterocycles. The van der Waals surface area contributed by atoms with Gasteiger partial charge in [0, 0.05) is 25.2 Å². The Morgan fingerprint density at radius 3 is 2.12 bits per heavy atom. The SMILES string of the molecule is COC[C@H](C)Oc1cc(O[C@H](C)Cc2ccccc2)cc(C(C)=O)c1. The first-order chi connectivity index (χ1) is 12.0.